The van der Waals surface area contributed by atoms with Gasteiger partial charge in [0.15, 0.2) is 0 Å². The highest BCUT2D eigenvalue weighted by Gasteiger charge is 2.18. The topological polar surface area (TPSA) is 12.0 Å². The zero-order valence-corrected chi connectivity index (χ0v) is 15.9. The zero-order chi connectivity index (χ0) is 15.4. The maximum Gasteiger partial charge on any atom is 0.0590 e. The van der Waals surface area contributed by atoms with Crippen LogP contribution in [0.5, 0.6) is 0 Å². The first kappa shape index (κ1) is 16.7. The number of hydrogen-bond donors (Lipinski definition) is 1. The van der Waals surface area contributed by atoms with Crippen LogP contribution in [0.3, 0.4) is 0 Å². The molecule has 0 heterocycles. The van der Waals surface area contributed by atoms with Gasteiger partial charge in [0, 0.05) is 8.95 Å². The van der Waals surface area contributed by atoms with Crippen molar-refractivity contribution in [1.29, 1.82) is 0 Å². The van der Waals surface area contributed by atoms with E-state index in [2.05, 4.69) is 94.3 Å². The van der Waals surface area contributed by atoms with Gasteiger partial charge in [0.1, 0.15) is 0 Å². The Morgan fingerprint density at radius 3 is 2.33 bits per heavy atom. The molecule has 0 aromatic heterocycles. The molecule has 1 unspecified atom stereocenters. The second-order valence-electron chi connectivity index (χ2n) is 5.37. The van der Waals surface area contributed by atoms with Crippen molar-refractivity contribution >= 4 is 31.9 Å². The standard InChI is InChI=1S/C18H21Br2N/c1-4-9-21-18(14-8-6-5-7-12(14)2)15-11-16(19)13(3)10-17(15)20/h5-8,10-11,18,21H,4,9H2,1-3H3. The molecule has 2 aromatic carbocycles. The molecule has 1 N–H and O–H groups in total. The average Bonchev–Trinajstić information content (AvgIpc) is 2.46. The van der Waals surface area contributed by atoms with Crippen LogP contribution in [0.4, 0.5) is 0 Å². The number of aryl methyl sites for hydroxylation is 2. The Labute approximate surface area is 144 Å². The van der Waals surface area contributed by atoms with Crippen molar-refractivity contribution in [3.63, 3.8) is 0 Å². The van der Waals surface area contributed by atoms with Crippen molar-refractivity contribution < 1.29 is 0 Å². The third kappa shape index (κ3) is 3.97. The molecule has 0 saturated carbocycles. The number of halogens is 2. The molecule has 1 atom stereocenters. The molecule has 0 saturated heterocycles. The third-order valence-corrected chi connectivity index (χ3v) is 5.23. The lowest BCUT2D eigenvalue weighted by atomic mass is 9.94. The van der Waals surface area contributed by atoms with E-state index in [4.69, 9.17) is 0 Å². The van der Waals surface area contributed by atoms with Gasteiger partial charge in [-0.05, 0) is 61.2 Å². The predicted octanol–water partition coefficient (Wildman–Crippen LogP) is 5.92. The van der Waals surface area contributed by atoms with Crippen molar-refractivity contribution in [2.24, 2.45) is 0 Å². The summed E-state index contributed by atoms with van der Waals surface area (Å²) >= 11 is 7.39. The van der Waals surface area contributed by atoms with Crippen molar-refractivity contribution in [1.82, 2.24) is 5.32 Å². The van der Waals surface area contributed by atoms with E-state index in [0.717, 1.165) is 21.9 Å². The minimum absolute atomic E-state index is 0.206. The van der Waals surface area contributed by atoms with Crippen LogP contribution in [0, 0.1) is 13.8 Å². The van der Waals surface area contributed by atoms with Gasteiger partial charge in [0.25, 0.3) is 0 Å². The summed E-state index contributed by atoms with van der Waals surface area (Å²) in [6, 6.07) is 13.2. The molecule has 112 valence electrons. The van der Waals surface area contributed by atoms with E-state index in [1.165, 1.54) is 22.3 Å². The van der Waals surface area contributed by atoms with Crippen LogP contribution in [-0.2, 0) is 0 Å². The van der Waals surface area contributed by atoms with Crippen LogP contribution in [0.2, 0.25) is 0 Å². The highest BCUT2D eigenvalue weighted by Crippen LogP contribution is 2.34. The first-order valence-corrected chi connectivity index (χ1v) is 8.87. The third-order valence-electron chi connectivity index (χ3n) is 3.69. The molecule has 0 aliphatic carbocycles. The van der Waals surface area contributed by atoms with Gasteiger partial charge in [-0.2, -0.15) is 0 Å². The van der Waals surface area contributed by atoms with Crippen LogP contribution in [0.25, 0.3) is 0 Å². The van der Waals surface area contributed by atoms with Crippen LogP contribution in [0.1, 0.15) is 41.6 Å². The SMILES string of the molecule is CCCNC(c1ccccc1C)c1cc(Br)c(C)cc1Br. The lowest BCUT2D eigenvalue weighted by Crippen LogP contribution is -2.24. The maximum atomic E-state index is 3.73. The molecular formula is C18H21Br2N. The Hall–Kier alpha value is -0.640. The Morgan fingerprint density at radius 2 is 1.67 bits per heavy atom. The molecule has 2 rings (SSSR count). The summed E-state index contributed by atoms with van der Waals surface area (Å²) in [5.41, 5.74) is 5.16. The summed E-state index contributed by atoms with van der Waals surface area (Å²) in [6.45, 7) is 7.48. The molecule has 2 aromatic rings. The van der Waals surface area contributed by atoms with Crippen molar-refractivity contribution in [2.75, 3.05) is 6.54 Å². The van der Waals surface area contributed by atoms with E-state index in [0.29, 0.717) is 0 Å². The van der Waals surface area contributed by atoms with Gasteiger partial charge in [0.05, 0.1) is 6.04 Å². The summed E-state index contributed by atoms with van der Waals surface area (Å²) in [6.07, 6.45) is 1.12. The van der Waals surface area contributed by atoms with Crippen LogP contribution < -0.4 is 5.32 Å². The minimum Gasteiger partial charge on any atom is -0.306 e. The first-order valence-electron chi connectivity index (χ1n) is 7.29. The first-order chi connectivity index (χ1) is 10.0. The van der Waals surface area contributed by atoms with Gasteiger partial charge in [0.2, 0.25) is 0 Å². The van der Waals surface area contributed by atoms with Gasteiger partial charge in [-0.1, -0.05) is 63.0 Å². The van der Waals surface area contributed by atoms with Crippen LogP contribution in [-0.4, -0.2) is 6.54 Å². The highest BCUT2D eigenvalue weighted by atomic mass is 79.9. The molecule has 1 nitrogen and oxygen atoms in total. The lowest BCUT2D eigenvalue weighted by Gasteiger charge is -2.23. The number of rotatable bonds is 5. The fourth-order valence-electron chi connectivity index (χ4n) is 2.47. The van der Waals surface area contributed by atoms with Crippen LogP contribution >= 0.6 is 31.9 Å². The molecule has 0 spiro atoms. The number of benzene rings is 2. The highest BCUT2D eigenvalue weighted by molar-refractivity contribution is 9.11. The molecular weight excluding hydrogens is 390 g/mol. The lowest BCUT2D eigenvalue weighted by molar-refractivity contribution is 0.594. The minimum atomic E-state index is 0.206. The molecule has 0 fully saturated rings. The van der Waals surface area contributed by atoms with E-state index in [-0.39, 0.29) is 6.04 Å². The van der Waals surface area contributed by atoms with Gasteiger partial charge in [-0.25, -0.2) is 0 Å². The van der Waals surface area contributed by atoms with Gasteiger partial charge in [-0.3, -0.25) is 0 Å². The second kappa shape index (κ2) is 7.57. The summed E-state index contributed by atoms with van der Waals surface area (Å²) in [5.74, 6) is 0. The Kier molecular flexibility index (Phi) is 6.03. The molecule has 0 aliphatic rings. The number of nitrogens with one attached hydrogen (secondary N) is 1. The number of hydrogen-bond acceptors (Lipinski definition) is 1. The van der Waals surface area contributed by atoms with Gasteiger partial charge >= 0.3 is 0 Å². The summed E-state index contributed by atoms with van der Waals surface area (Å²) in [5, 5.41) is 3.68. The maximum absolute atomic E-state index is 3.73. The van der Waals surface area contributed by atoms with Crippen molar-refractivity contribution in [2.45, 2.75) is 33.2 Å². The van der Waals surface area contributed by atoms with E-state index >= 15 is 0 Å². The van der Waals surface area contributed by atoms with Gasteiger partial charge < -0.3 is 5.32 Å². The summed E-state index contributed by atoms with van der Waals surface area (Å²) < 4.78 is 2.30. The normalized spacial score (nSPS) is 12.4. The molecule has 0 aliphatic heterocycles. The van der Waals surface area contributed by atoms with Crippen molar-refractivity contribution in [3.05, 3.63) is 67.6 Å². The largest absolute Gasteiger partial charge is 0.306 e. The fraction of sp³-hybridized carbons (Fsp3) is 0.333. The van der Waals surface area contributed by atoms with Crippen molar-refractivity contribution in [3.8, 4) is 0 Å². The Morgan fingerprint density at radius 1 is 0.952 bits per heavy atom. The van der Waals surface area contributed by atoms with Gasteiger partial charge in [-0.15, -0.1) is 0 Å². The molecule has 21 heavy (non-hydrogen) atoms. The van der Waals surface area contributed by atoms with Crippen LogP contribution in [0.15, 0.2) is 45.3 Å². The molecule has 0 bridgehead atoms. The fourth-order valence-corrected chi connectivity index (χ4v) is 3.52. The van der Waals surface area contributed by atoms with E-state index in [1.54, 1.807) is 0 Å². The average molecular weight is 411 g/mol. The zero-order valence-electron chi connectivity index (χ0n) is 12.7. The monoisotopic (exact) mass is 409 g/mol. The summed E-state index contributed by atoms with van der Waals surface area (Å²) in [7, 11) is 0. The Balaban J connectivity index is 2.51. The predicted molar refractivity (Wildman–Crippen MR) is 97.9 cm³/mol. The smallest absolute Gasteiger partial charge is 0.0590 e. The summed E-state index contributed by atoms with van der Waals surface area (Å²) in [4.78, 5) is 0. The quantitative estimate of drug-likeness (QED) is 0.645. The van der Waals surface area contributed by atoms with E-state index < -0.39 is 0 Å². The molecule has 3 heteroatoms. The second-order valence-corrected chi connectivity index (χ2v) is 7.08. The van der Waals surface area contributed by atoms with E-state index in [9.17, 15) is 0 Å². The molecule has 0 radical (unpaired) electrons. The van der Waals surface area contributed by atoms with E-state index in [1.807, 2.05) is 0 Å². The Bertz CT molecular complexity index is 623. The molecule has 0 amide bonds.